The Hall–Kier alpha value is -0.580. The second-order valence-corrected chi connectivity index (χ2v) is 6.09. The molecule has 0 spiro atoms. The third-order valence-electron chi connectivity index (χ3n) is 3.56. The molecule has 1 aliphatic carbocycles. The van der Waals surface area contributed by atoms with Crippen LogP contribution in [0.2, 0.25) is 0 Å². The summed E-state index contributed by atoms with van der Waals surface area (Å²) < 4.78 is 1.11. The number of hydrogen-bond acceptors (Lipinski definition) is 3. The van der Waals surface area contributed by atoms with E-state index in [0.29, 0.717) is 5.92 Å². The van der Waals surface area contributed by atoms with E-state index in [1.165, 1.54) is 11.3 Å². The highest BCUT2D eigenvalue weighted by molar-refractivity contribution is 9.10. The van der Waals surface area contributed by atoms with Crippen LogP contribution in [-0.2, 0) is 6.54 Å². The molecule has 1 aliphatic rings. The number of hydrogen-bond donors (Lipinski definition) is 2. The van der Waals surface area contributed by atoms with Crippen LogP contribution in [0.25, 0.3) is 0 Å². The summed E-state index contributed by atoms with van der Waals surface area (Å²) >= 11 is 3.52. The molecule has 0 bridgehead atoms. The van der Waals surface area contributed by atoms with Gasteiger partial charge in [0.25, 0.3) is 0 Å². The molecule has 2 N–H and O–H groups in total. The molecule has 3 nitrogen and oxygen atoms in total. The van der Waals surface area contributed by atoms with Gasteiger partial charge in [0.05, 0.1) is 6.10 Å². The summed E-state index contributed by atoms with van der Waals surface area (Å²) in [5.41, 5.74) is 2.57. The van der Waals surface area contributed by atoms with Crippen LogP contribution < -0.4 is 10.2 Å². The molecule has 1 fully saturated rings. The van der Waals surface area contributed by atoms with E-state index in [1.807, 2.05) is 7.05 Å². The highest BCUT2D eigenvalue weighted by Crippen LogP contribution is 2.30. The van der Waals surface area contributed by atoms with Gasteiger partial charge in [-0.3, -0.25) is 0 Å². The van der Waals surface area contributed by atoms with E-state index in [2.05, 4.69) is 51.4 Å². The Bertz CT molecular complexity index is 405. The lowest BCUT2D eigenvalue weighted by Gasteiger charge is -2.35. The Morgan fingerprint density at radius 2 is 2.17 bits per heavy atom. The fourth-order valence-corrected chi connectivity index (χ4v) is 3.00. The number of rotatable bonds is 5. The third-order valence-corrected chi connectivity index (χ3v) is 4.06. The van der Waals surface area contributed by atoms with Crippen LogP contribution in [0, 0.1) is 5.92 Å². The van der Waals surface area contributed by atoms with Crippen LogP contribution in [0.4, 0.5) is 5.69 Å². The number of nitrogens with one attached hydrogen (secondary N) is 1. The molecule has 1 saturated carbocycles. The molecular formula is C14H21BrN2O. The summed E-state index contributed by atoms with van der Waals surface area (Å²) in [5, 5.41) is 12.5. The zero-order valence-corrected chi connectivity index (χ0v) is 12.6. The largest absolute Gasteiger partial charge is 0.393 e. The molecule has 0 radical (unpaired) electrons. The van der Waals surface area contributed by atoms with Gasteiger partial charge in [0.2, 0.25) is 0 Å². The second kappa shape index (κ2) is 6.04. The van der Waals surface area contributed by atoms with Gasteiger partial charge in [-0.05, 0) is 49.6 Å². The average Bonchev–Trinajstić information content (AvgIpc) is 2.27. The molecule has 1 aromatic rings. The first-order valence-corrected chi connectivity index (χ1v) is 7.21. The van der Waals surface area contributed by atoms with E-state index in [-0.39, 0.29) is 6.10 Å². The lowest BCUT2D eigenvalue weighted by Crippen LogP contribution is -2.37. The maximum Gasteiger partial charge on any atom is 0.0546 e. The molecule has 18 heavy (non-hydrogen) atoms. The SMILES string of the molecule is CNCc1cc(Br)ccc1N(C)CC1CC(O)C1. The summed E-state index contributed by atoms with van der Waals surface area (Å²) in [6.07, 6.45) is 1.83. The summed E-state index contributed by atoms with van der Waals surface area (Å²) in [6.45, 7) is 1.89. The number of anilines is 1. The average molecular weight is 313 g/mol. The van der Waals surface area contributed by atoms with Crippen LogP contribution in [0.1, 0.15) is 18.4 Å². The summed E-state index contributed by atoms with van der Waals surface area (Å²) in [6, 6.07) is 6.41. The highest BCUT2D eigenvalue weighted by atomic mass is 79.9. The molecule has 0 unspecified atom stereocenters. The first-order chi connectivity index (χ1) is 8.60. The van der Waals surface area contributed by atoms with Gasteiger partial charge in [0.1, 0.15) is 0 Å². The molecule has 0 aliphatic heterocycles. The predicted molar refractivity (Wildman–Crippen MR) is 78.9 cm³/mol. The lowest BCUT2D eigenvalue weighted by atomic mass is 9.82. The summed E-state index contributed by atoms with van der Waals surface area (Å²) in [7, 11) is 4.10. The van der Waals surface area contributed by atoms with Gasteiger partial charge in [0.15, 0.2) is 0 Å². The molecule has 0 heterocycles. The van der Waals surface area contributed by atoms with Crippen molar-refractivity contribution in [1.82, 2.24) is 5.32 Å². The van der Waals surface area contributed by atoms with Gasteiger partial charge in [0, 0.05) is 30.3 Å². The van der Waals surface area contributed by atoms with Gasteiger partial charge >= 0.3 is 0 Å². The minimum absolute atomic E-state index is 0.0647. The topological polar surface area (TPSA) is 35.5 Å². The Balaban J connectivity index is 2.06. The van der Waals surface area contributed by atoms with Crippen molar-refractivity contribution in [2.75, 3.05) is 25.5 Å². The van der Waals surface area contributed by atoms with E-state index in [0.717, 1.165) is 30.4 Å². The quantitative estimate of drug-likeness (QED) is 0.876. The van der Waals surface area contributed by atoms with Gasteiger partial charge in [-0.2, -0.15) is 0 Å². The van der Waals surface area contributed by atoms with Gasteiger partial charge in [-0.25, -0.2) is 0 Å². The minimum atomic E-state index is -0.0647. The molecule has 1 aromatic carbocycles. The van der Waals surface area contributed by atoms with Crippen molar-refractivity contribution < 1.29 is 5.11 Å². The van der Waals surface area contributed by atoms with Gasteiger partial charge in [-0.15, -0.1) is 0 Å². The van der Waals surface area contributed by atoms with Crippen molar-refractivity contribution in [3.63, 3.8) is 0 Å². The van der Waals surface area contributed by atoms with Crippen molar-refractivity contribution in [1.29, 1.82) is 0 Å². The van der Waals surface area contributed by atoms with Crippen LogP contribution >= 0.6 is 15.9 Å². The molecule has 0 aromatic heterocycles. The zero-order chi connectivity index (χ0) is 13.1. The van der Waals surface area contributed by atoms with Crippen LogP contribution in [0.15, 0.2) is 22.7 Å². The molecule has 0 atom stereocenters. The van der Waals surface area contributed by atoms with Crippen molar-refractivity contribution in [2.45, 2.75) is 25.5 Å². The summed E-state index contributed by atoms with van der Waals surface area (Å²) in [4.78, 5) is 2.30. The van der Waals surface area contributed by atoms with Crippen molar-refractivity contribution >= 4 is 21.6 Å². The van der Waals surface area contributed by atoms with E-state index in [1.54, 1.807) is 0 Å². The van der Waals surface area contributed by atoms with E-state index < -0.39 is 0 Å². The van der Waals surface area contributed by atoms with Gasteiger partial charge in [-0.1, -0.05) is 15.9 Å². The monoisotopic (exact) mass is 312 g/mol. The summed E-state index contributed by atoms with van der Waals surface area (Å²) in [5.74, 6) is 0.635. The van der Waals surface area contributed by atoms with Crippen LogP contribution in [0.3, 0.4) is 0 Å². The molecule has 100 valence electrons. The Morgan fingerprint density at radius 3 is 2.78 bits per heavy atom. The number of aliphatic hydroxyl groups is 1. The van der Waals surface area contributed by atoms with Crippen molar-refractivity contribution in [2.24, 2.45) is 5.92 Å². The molecule has 0 saturated heterocycles. The normalized spacial score (nSPS) is 22.7. The van der Waals surface area contributed by atoms with E-state index >= 15 is 0 Å². The molecule has 4 heteroatoms. The maximum atomic E-state index is 9.34. The minimum Gasteiger partial charge on any atom is -0.393 e. The predicted octanol–water partition coefficient (Wildman–Crippen LogP) is 2.38. The first-order valence-electron chi connectivity index (χ1n) is 6.42. The number of nitrogens with zero attached hydrogens (tertiary/aromatic N) is 1. The fraction of sp³-hybridized carbons (Fsp3) is 0.571. The van der Waals surface area contributed by atoms with E-state index in [9.17, 15) is 5.11 Å². The number of aliphatic hydroxyl groups excluding tert-OH is 1. The van der Waals surface area contributed by atoms with Gasteiger partial charge < -0.3 is 15.3 Å². The smallest absolute Gasteiger partial charge is 0.0546 e. The zero-order valence-electron chi connectivity index (χ0n) is 11.0. The standard InChI is InChI=1S/C14H21BrN2O/c1-16-8-11-7-12(15)3-4-14(11)17(2)9-10-5-13(18)6-10/h3-4,7,10,13,16,18H,5-6,8-9H2,1-2H3. The van der Waals surface area contributed by atoms with Crippen LogP contribution in [-0.4, -0.2) is 31.9 Å². The Kier molecular flexibility index (Phi) is 4.65. The number of benzene rings is 1. The third kappa shape index (κ3) is 3.25. The maximum absolute atomic E-state index is 9.34. The Morgan fingerprint density at radius 1 is 1.44 bits per heavy atom. The lowest BCUT2D eigenvalue weighted by molar-refractivity contribution is 0.0464. The van der Waals surface area contributed by atoms with Crippen molar-refractivity contribution in [3.8, 4) is 0 Å². The van der Waals surface area contributed by atoms with E-state index in [4.69, 9.17) is 0 Å². The molecular weight excluding hydrogens is 292 g/mol. The van der Waals surface area contributed by atoms with Crippen LogP contribution in [0.5, 0.6) is 0 Å². The second-order valence-electron chi connectivity index (χ2n) is 5.18. The number of halogens is 1. The molecule has 2 rings (SSSR count). The first kappa shape index (κ1) is 13.8. The highest BCUT2D eigenvalue weighted by Gasteiger charge is 2.28. The fourth-order valence-electron chi connectivity index (χ4n) is 2.59. The van der Waals surface area contributed by atoms with Crippen molar-refractivity contribution in [3.05, 3.63) is 28.2 Å². The molecule has 0 amide bonds. The Labute approximate surface area is 117 Å².